The number of hydrogen-bond donors (Lipinski definition) is 0. The molecule has 2 aromatic rings. The molecular weight excluding hydrogens is 413 g/mol. The van der Waals surface area contributed by atoms with Crippen LogP contribution in [0.5, 0.6) is 11.5 Å². The number of esters is 2. The highest BCUT2D eigenvalue weighted by molar-refractivity contribution is 5.91. The van der Waals surface area contributed by atoms with E-state index in [0.717, 1.165) is 5.56 Å². The Bertz CT molecular complexity index is 872. The Kier molecular flexibility index (Phi) is 9.12. The molecule has 2 aromatic carbocycles. The van der Waals surface area contributed by atoms with E-state index in [0.29, 0.717) is 23.7 Å². The molecule has 0 N–H and O–H groups in total. The molecule has 0 radical (unpaired) electrons. The van der Waals surface area contributed by atoms with Crippen molar-refractivity contribution < 1.29 is 37.0 Å². The van der Waals surface area contributed by atoms with Crippen molar-refractivity contribution in [1.82, 2.24) is 0 Å². The lowest BCUT2D eigenvalue weighted by Gasteiger charge is -2.09. The van der Waals surface area contributed by atoms with Crippen LogP contribution in [0.15, 0.2) is 54.6 Å². The van der Waals surface area contributed by atoms with E-state index >= 15 is 0 Å². The Morgan fingerprint density at radius 2 is 1.58 bits per heavy atom. The van der Waals surface area contributed by atoms with E-state index in [4.69, 9.17) is 14.2 Å². The first kappa shape index (κ1) is 24.0. The van der Waals surface area contributed by atoms with Crippen molar-refractivity contribution in [2.75, 3.05) is 13.2 Å². The van der Waals surface area contributed by atoms with Crippen molar-refractivity contribution >= 4 is 18.0 Å². The van der Waals surface area contributed by atoms with E-state index in [1.807, 2.05) is 0 Å². The molecule has 0 fully saturated rings. The topological polar surface area (TPSA) is 61.8 Å². The fraction of sp³-hybridized carbons (Fsp3) is 0.304. The van der Waals surface area contributed by atoms with E-state index in [2.05, 4.69) is 0 Å². The smallest absolute Gasteiger partial charge is 0.389 e. The SMILES string of the molecule is CCOC(=O)C=Cc1ccc(OC(=O)c2ccc(OCCCCC(F)(F)F)cc2)cc1. The second-order valence-corrected chi connectivity index (χ2v) is 6.49. The number of carbonyl (C=O) groups is 2. The normalized spacial score (nSPS) is 11.4. The van der Waals surface area contributed by atoms with E-state index < -0.39 is 24.5 Å². The molecular formula is C23H23F3O5. The maximum Gasteiger partial charge on any atom is 0.389 e. The second-order valence-electron chi connectivity index (χ2n) is 6.49. The fourth-order valence-corrected chi connectivity index (χ4v) is 2.47. The average Bonchev–Trinajstić information content (AvgIpc) is 2.73. The molecule has 0 saturated heterocycles. The van der Waals surface area contributed by atoms with Crippen molar-refractivity contribution in [1.29, 1.82) is 0 Å². The lowest BCUT2D eigenvalue weighted by Crippen LogP contribution is -2.09. The summed E-state index contributed by atoms with van der Waals surface area (Å²) in [5, 5.41) is 0. The van der Waals surface area contributed by atoms with Crippen molar-refractivity contribution in [3.63, 3.8) is 0 Å². The van der Waals surface area contributed by atoms with Gasteiger partial charge in [-0.3, -0.25) is 0 Å². The zero-order chi connectivity index (χ0) is 22.7. The summed E-state index contributed by atoms with van der Waals surface area (Å²) in [4.78, 5) is 23.6. The number of benzene rings is 2. The minimum absolute atomic E-state index is 0.00527. The van der Waals surface area contributed by atoms with Crippen molar-refractivity contribution in [3.8, 4) is 11.5 Å². The van der Waals surface area contributed by atoms with E-state index in [9.17, 15) is 22.8 Å². The Hall–Kier alpha value is -3.29. The third kappa shape index (κ3) is 9.37. The van der Waals surface area contributed by atoms with Crippen LogP contribution < -0.4 is 9.47 Å². The summed E-state index contributed by atoms with van der Waals surface area (Å²) in [7, 11) is 0. The largest absolute Gasteiger partial charge is 0.494 e. The monoisotopic (exact) mass is 436 g/mol. The van der Waals surface area contributed by atoms with Gasteiger partial charge in [0.15, 0.2) is 0 Å². The first-order valence-electron chi connectivity index (χ1n) is 9.73. The number of hydrogen-bond acceptors (Lipinski definition) is 5. The Morgan fingerprint density at radius 1 is 0.935 bits per heavy atom. The third-order valence-electron chi connectivity index (χ3n) is 4.00. The molecule has 166 valence electrons. The van der Waals surface area contributed by atoms with Crippen LogP contribution in [0, 0.1) is 0 Å². The number of halogens is 3. The first-order valence-corrected chi connectivity index (χ1v) is 9.73. The Morgan fingerprint density at radius 3 is 2.19 bits per heavy atom. The Balaban J connectivity index is 1.81. The molecule has 8 heteroatoms. The zero-order valence-electron chi connectivity index (χ0n) is 17.0. The fourth-order valence-electron chi connectivity index (χ4n) is 2.47. The molecule has 0 spiro atoms. The quantitative estimate of drug-likeness (QED) is 0.210. The number of unbranched alkanes of at least 4 members (excludes halogenated alkanes) is 1. The van der Waals surface area contributed by atoms with Gasteiger partial charge in [-0.2, -0.15) is 13.2 Å². The maximum absolute atomic E-state index is 12.2. The molecule has 0 atom stereocenters. The molecule has 0 amide bonds. The summed E-state index contributed by atoms with van der Waals surface area (Å²) < 4.78 is 51.7. The highest BCUT2D eigenvalue weighted by atomic mass is 19.4. The number of rotatable bonds is 10. The minimum Gasteiger partial charge on any atom is -0.494 e. The maximum atomic E-state index is 12.2. The molecule has 0 aliphatic carbocycles. The van der Waals surface area contributed by atoms with Gasteiger partial charge in [0.2, 0.25) is 0 Å². The van der Waals surface area contributed by atoms with Crippen LogP contribution in [0.1, 0.15) is 42.1 Å². The van der Waals surface area contributed by atoms with Gasteiger partial charge >= 0.3 is 18.1 Å². The van der Waals surface area contributed by atoms with Gasteiger partial charge in [0, 0.05) is 12.5 Å². The van der Waals surface area contributed by atoms with E-state index in [1.165, 1.54) is 18.2 Å². The second kappa shape index (κ2) is 11.8. The summed E-state index contributed by atoms with van der Waals surface area (Å²) in [6.07, 6.45) is -1.79. The minimum atomic E-state index is -4.15. The van der Waals surface area contributed by atoms with Gasteiger partial charge in [0.1, 0.15) is 11.5 Å². The number of alkyl halides is 3. The summed E-state index contributed by atoms with van der Waals surface area (Å²) in [5.41, 5.74) is 1.04. The molecule has 0 bridgehead atoms. The summed E-state index contributed by atoms with van der Waals surface area (Å²) in [6, 6.07) is 12.7. The number of ether oxygens (including phenoxy) is 3. The van der Waals surface area contributed by atoms with Gasteiger partial charge in [-0.25, -0.2) is 9.59 Å². The van der Waals surface area contributed by atoms with Crippen LogP contribution in [-0.4, -0.2) is 31.3 Å². The van der Waals surface area contributed by atoms with E-state index in [-0.39, 0.29) is 19.4 Å². The highest BCUT2D eigenvalue weighted by Crippen LogP contribution is 2.22. The van der Waals surface area contributed by atoms with Crippen molar-refractivity contribution in [2.45, 2.75) is 32.4 Å². The van der Waals surface area contributed by atoms with Gasteiger partial charge in [0.25, 0.3) is 0 Å². The van der Waals surface area contributed by atoms with Crippen LogP contribution in [0.2, 0.25) is 0 Å². The van der Waals surface area contributed by atoms with Gasteiger partial charge in [0.05, 0.1) is 18.8 Å². The standard InChI is InChI=1S/C23H23F3O5/c1-2-29-21(27)14-7-17-5-10-20(11-6-17)31-22(28)18-8-12-19(13-9-18)30-16-4-3-15-23(24,25)26/h5-14H,2-4,15-16H2,1H3. The average molecular weight is 436 g/mol. The van der Waals surface area contributed by atoms with Crippen LogP contribution in [0.25, 0.3) is 6.08 Å². The summed E-state index contributed by atoms with van der Waals surface area (Å²) in [6.45, 7) is 2.18. The molecule has 0 aromatic heterocycles. The molecule has 0 aliphatic rings. The molecule has 31 heavy (non-hydrogen) atoms. The predicted molar refractivity (Wildman–Crippen MR) is 109 cm³/mol. The van der Waals surface area contributed by atoms with Crippen LogP contribution >= 0.6 is 0 Å². The highest BCUT2D eigenvalue weighted by Gasteiger charge is 2.25. The number of carbonyl (C=O) groups excluding carboxylic acids is 2. The van der Waals surface area contributed by atoms with Gasteiger partial charge < -0.3 is 14.2 Å². The Labute approximate surface area is 178 Å². The van der Waals surface area contributed by atoms with Crippen LogP contribution in [0.4, 0.5) is 13.2 Å². The zero-order valence-corrected chi connectivity index (χ0v) is 17.0. The van der Waals surface area contributed by atoms with E-state index in [1.54, 1.807) is 49.4 Å². The molecule has 0 heterocycles. The predicted octanol–water partition coefficient (Wildman–Crippen LogP) is 5.59. The van der Waals surface area contributed by atoms with Crippen molar-refractivity contribution in [3.05, 3.63) is 65.7 Å². The van der Waals surface area contributed by atoms with Gasteiger partial charge in [-0.15, -0.1) is 0 Å². The summed E-state index contributed by atoms with van der Waals surface area (Å²) >= 11 is 0. The first-order chi connectivity index (χ1) is 14.8. The lowest BCUT2D eigenvalue weighted by atomic mass is 10.2. The van der Waals surface area contributed by atoms with Crippen LogP contribution in [-0.2, 0) is 9.53 Å². The van der Waals surface area contributed by atoms with Gasteiger partial charge in [-0.1, -0.05) is 12.1 Å². The third-order valence-corrected chi connectivity index (χ3v) is 4.00. The molecule has 5 nitrogen and oxygen atoms in total. The molecule has 0 saturated carbocycles. The van der Waals surface area contributed by atoms with Crippen LogP contribution in [0.3, 0.4) is 0 Å². The molecule has 2 rings (SSSR count). The van der Waals surface area contributed by atoms with Gasteiger partial charge in [-0.05, 0) is 67.8 Å². The summed E-state index contributed by atoms with van der Waals surface area (Å²) in [5.74, 6) is -0.206. The molecule has 0 aliphatic heterocycles. The van der Waals surface area contributed by atoms with Crippen molar-refractivity contribution in [2.24, 2.45) is 0 Å². The lowest BCUT2D eigenvalue weighted by molar-refractivity contribution is -0.137. The molecule has 0 unspecified atom stereocenters.